The normalized spacial score (nSPS) is 23.3. The number of nitrogens with one attached hydrogen (secondary N) is 1. The summed E-state index contributed by atoms with van der Waals surface area (Å²) < 4.78 is 11.5. The summed E-state index contributed by atoms with van der Waals surface area (Å²) >= 11 is 0. The van der Waals surface area contributed by atoms with Crippen molar-refractivity contribution < 1.29 is 19.1 Å². The molecule has 13 heteroatoms. The van der Waals surface area contributed by atoms with E-state index in [0.29, 0.717) is 49.8 Å². The maximum atomic E-state index is 13.3. The zero-order chi connectivity index (χ0) is 37.6. The van der Waals surface area contributed by atoms with Crippen LogP contribution in [0.5, 0.6) is 0 Å². The SMILES string of the molecule is CCCCCCC[C@@H]1C[C@@H]2CC[C@@H]3C(C(=O)OCCCCCCCCCC4N=C(N)N5CCCC5=C4C(=O)OCCCCN=C(N)N)=C(C)NC(=N1)N23. The van der Waals surface area contributed by atoms with E-state index in [1.54, 1.807) is 0 Å². The second-order valence-corrected chi connectivity index (χ2v) is 15.5. The lowest BCUT2D eigenvalue weighted by Gasteiger charge is -2.42. The van der Waals surface area contributed by atoms with E-state index >= 15 is 0 Å². The molecule has 5 rings (SSSR count). The summed E-state index contributed by atoms with van der Waals surface area (Å²) in [6, 6.07) is 0.669. The van der Waals surface area contributed by atoms with E-state index in [-0.39, 0.29) is 30.0 Å². The van der Waals surface area contributed by atoms with Gasteiger partial charge in [-0.1, -0.05) is 77.6 Å². The number of fused-ring (bicyclic) bond motifs is 1. The van der Waals surface area contributed by atoms with Gasteiger partial charge in [0.2, 0.25) is 0 Å². The van der Waals surface area contributed by atoms with E-state index in [2.05, 4.69) is 22.1 Å². The van der Waals surface area contributed by atoms with Crippen molar-refractivity contribution in [2.24, 2.45) is 32.2 Å². The van der Waals surface area contributed by atoms with Crippen molar-refractivity contribution in [3.8, 4) is 0 Å². The molecule has 0 radical (unpaired) electrons. The first-order chi connectivity index (χ1) is 25.8. The summed E-state index contributed by atoms with van der Waals surface area (Å²) in [5.41, 5.74) is 20.4. The molecule has 0 saturated carbocycles. The Hall–Kier alpha value is -3.77. The smallest absolute Gasteiger partial charge is 0.337 e. The van der Waals surface area contributed by atoms with E-state index in [4.69, 9.17) is 36.7 Å². The monoisotopic (exact) mass is 738 g/mol. The molecule has 0 aromatic carbocycles. The number of carbonyl (C=O) groups is 2. The van der Waals surface area contributed by atoms with Crippen LogP contribution in [0.15, 0.2) is 37.5 Å². The molecule has 0 aromatic heterocycles. The Labute approximate surface area is 317 Å². The largest absolute Gasteiger partial charge is 0.462 e. The van der Waals surface area contributed by atoms with Gasteiger partial charge in [0.25, 0.3) is 0 Å². The topological polar surface area (TPSA) is 186 Å². The summed E-state index contributed by atoms with van der Waals surface area (Å²) in [5, 5.41) is 3.49. The first-order valence-corrected chi connectivity index (χ1v) is 20.9. The van der Waals surface area contributed by atoms with E-state index < -0.39 is 0 Å². The average molecular weight is 738 g/mol. The van der Waals surface area contributed by atoms with E-state index in [1.807, 2.05) is 11.8 Å². The number of ether oxygens (including phenoxy) is 2. The fourth-order valence-electron chi connectivity index (χ4n) is 8.75. The van der Waals surface area contributed by atoms with Gasteiger partial charge >= 0.3 is 11.9 Å². The molecule has 5 aliphatic rings. The van der Waals surface area contributed by atoms with Crippen LogP contribution in [-0.2, 0) is 19.1 Å². The number of nitrogens with two attached hydrogens (primary N) is 3. The van der Waals surface area contributed by atoms with Crippen molar-refractivity contribution in [3.63, 3.8) is 0 Å². The molecule has 0 aliphatic carbocycles. The molecule has 0 spiro atoms. The maximum absolute atomic E-state index is 13.3. The number of hydrogen-bond donors (Lipinski definition) is 4. The minimum absolute atomic E-state index is 0.0734. The fraction of sp³-hybridized carbons (Fsp3) is 0.775. The van der Waals surface area contributed by atoms with Gasteiger partial charge in [0.15, 0.2) is 17.9 Å². The Balaban J connectivity index is 0.967. The number of nitrogens with zero attached hydrogens (tertiary/aromatic N) is 5. The molecule has 0 bridgehead atoms. The molecule has 2 saturated heterocycles. The summed E-state index contributed by atoms with van der Waals surface area (Å²) in [6.45, 7) is 6.34. The first kappa shape index (κ1) is 40.4. The number of rotatable bonds is 23. The van der Waals surface area contributed by atoms with Crippen LogP contribution in [0, 0.1) is 0 Å². The highest BCUT2D eigenvalue weighted by atomic mass is 16.5. The highest BCUT2D eigenvalue weighted by molar-refractivity contribution is 5.97. The maximum Gasteiger partial charge on any atom is 0.337 e. The van der Waals surface area contributed by atoms with Crippen LogP contribution in [0.2, 0.25) is 0 Å². The van der Waals surface area contributed by atoms with E-state index in [0.717, 1.165) is 126 Å². The van der Waals surface area contributed by atoms with Crippen LogP contribution in [0.25, 0.3) is 0 Å². The predicted molar refractivity (Wildman–Crippen MR) is 211 cm³/mol. The Morgan fingerprint density at radius 2 is 1.51 bits per heavy atom. The van der Waals surface area contributed by atoms with Crippen LogP contribution < -0.4 is 22.5 Å². The predicted octanol–water partition coefficient (Wildman–Crippen LogP) is 5.49. The van der Waals surface area contributed by atoms with Crippen LogP contribution >= 0.6 is 0 Å². The molecule has 2 fully saturated rings. The van der Waals surface area contributed by atoms with Gasteiger partial charge in [-0.2, -0.15) is 0 Å². The van der Waals surface area contributed by atoms with Crippen LogP contribution in [-0.4, -0.2) is 90.1 Å². The van der Waals surface area contributed by atoms with Crippen LogP contribution in [0.4, 0.5) is 0 Å². The molecule has 1 unspecified atom stereocenters. The van der Waals surface area contributed by atoms with Crippen LogP contribution in [0.3, 0.4) is 0 Å². The number of esters is 2. The number of aliphatic imine (C=N–C) groups is 3. The van der Waals surface area contributed by atoms with Gasteiger partial charge in [-0.15, -0.1) is 0 Å². The zero-order valence-electron chi connectivity index (χ0n) is 32.6. The zero-order valence-corrected chi connectivity index (χ0v) is 32.6. The Morgan fingerprint density at radius 3 is 2.25 bits per heavy atom. The number of allylic oxidation sites excluding steroid dienone is 2. The summed E-state index contributed by atoms with van der Waals surface area (Å²) in [5.74, 6) is 1.10. The van der Waals surface area contributed by atoms with Crippen molar-refractivity contribution in [1.29, 1.82) is 0 Å². The second kappa shape index (κ2) is 20.6. The summed E-state index contributed by atoms with van der Waals surface area (Å²) in [4.78, 5) is 44.7. The Kier molecular flexibility index (Phi) is 15.7. The van der Waals surface area contributed by atoms with Crippen molar-refractivity contribution in [2.75, 3.05) is 26.3 Å². The number of guanidine groups is 3. The fourth-order valence-corrected chi connectivity index (χ4v) is 8.75. The molecular weight excluding hydrogens is 670 g/mol. The first-order valence-electron chi connectivity index (χ1n) is 20.9. The third-order valence-electron chi connectivity index (χ3n) is 11.5. The lowest BCUT2D eigenvalue weighted by molar-refractivity contribution is -0.140. The van der Waals surface area contributed by atoms with Gasteiger partial charge in [0.1, 0.15) is 0 Å². The second-order valence-electron chi connectivity index (χ2n) is 15.5. The van der Waals surface area contributed by atoms with E-state index in [1.165, 1.54) is 32.1 Å². The summed E-state index contributed by atoms with van der Waals surface area (Å²) in [7, 11) is 0. The Bertz CT molecular complexity index is 1400. The third kappa shape index (κ3) is 11.1. The lowest BCUT2D eigenvalue weighted by atomic mass is 9.96. The van der Waals surface area contributed by atoms with Crippen molar-refractivity contribution in [1.82, 2.24) is 15.1 Å². The van der Waals surface area contributed by atoms with Crippen molar-refractivity contribution >= 4 is 29.8 Å². The molecule has 0 aromatic rings. The Morgan fingerprint density at radius 1 is 0.849 bits per heavy atom. The lowest BCUT2D eigenvalue weighted by Crippen LogP contribution is -2.56. The van der Waals surface area contributed by atoms with Gasteiger partial charge in [-0.3, -0.25) is 4.99 Å². The van der Waals surface area contributed by atoms with Crippen molar-refractivity contribution in [3.05, 3.63) is 22.5 Å². The molecule has 13 nitrogen and oxygen atoms in total. The molecule has 7 N–H and O–H groups in total. The number of unbranched alkanes of at least 4 members (excludes halogenated alkanes) is 11. The van der Waals surface area contributed by atoms with Gasteiger partial charge in [0.05, 0.1) is 42.5 Å². The van der Waals surface area contributed by atoms with Gasteiger partial charge < -0.3 is 41.8 Å². The van der Waals surface area contributed by atoms with Crippen LogP contribution in [0.1, 0.15) is 149 Å². The van der Waals surface area contributed by atoms with Crippen molar-refractivity contribution in [2.45, 2.75) is 173 Å². The molecular formula is C40H67N9O4. The molecule has 296 valence electrons. The van der Waals surface area contributed by atoms with Gasteiger partial charge in [0, 0.05) is 30.5 Å². The molecule has 4 atom stereocenters. The van der Waals surface area contributed by atoms with Gasteiger partial charge in [-0.05, 0) is 71.1 Å². The minimum atomic E-state index is -0.281. The minimum Gasteiger partial charge on any atom is -0.462 e. The average Bonchev–Trinajstić information content (AvgIpc) is 3.79. The highest BCUT2D eigenvalue weighted by Crippen LogP contribution is 2.39. The molecule has 5 heterocycles. The third-order valence-corrected chi connectivity index (χ3v) is 11.5. The molecule has 53 heavy (non-hydrogen) atoms. The van der Waals surface area contributed by atoms with Gasteiger partial charge in [-0.25, -0.2) is 19.6 Å². The summed E-state index contributed by atoms with van der Waals surface area (Å²) in [6.07, 6.45) is 22.1. The molecule has 5 aliphatic heterocycles. The number of hydrogen-bond acceptors (Lipinski definition) is 11. The highest BCUT2D eigenvalue weighted by Gasteiger charge is 2.46. The quantitative estimate of drug-likeness (QED) is 0.0452. The van der Waals surface area contributed by atoms with E-state index in [9.17, 15) is 9.59 Å². The molecule has 0 amide bonds. The number of carbonyl (C=O) groups excluding carboxylic acids is 2. The standard InChI is InChI=1S/C40H67N9O4/c1-3-4-5-9-12-18-29-27-30-21-22-33-34(28(2)45-40(46-29)49(30)33)36(50)52-25-15-11-8-6-7-10-13-19-31-35(32-20-17-24-48(32)39(43)47-31)37(51)53-26-16-14-23-44-38(41)42/h29-31,33H,3-27H2,1-2H3,(H2,43,47)(H,45,46)(H4,41,42,44)/t29-,30+,31?,33-/m1/s1.